The number of nitrogens with zero attached hydrogens (tertiary/aromatic N) is 3. The van der Waals surface area contributed by atoms with Crippen LogP contribution in [0.15, 0.2) is 30.3 Å². The second kappa shape index (κ2) is 10.3. The Morgan fingerprint density at radius 2 is 1.64 bits per heavy atom. The van der Waals surface area contributed by atoms with Crippen LogP contribution in [-0.4, -0.2) is 62.5 Å². The Morgan fingerprint density at radius 3 is 2.27 bits per heavy atom. The number of hydroxylamine groups is 2. The molecule has 3 aliphatic rings. The molecule has 1 saturated heterocycles. The van der Waals surface area contributed by atoms with Gasteiger partial charge in [0.25, 0.3) is 0 Å². The van der Waals surface area contributed by atoms with E-state index in [1.165, 1.54) is 18.4 Å². The molecule has 4 rings (SSSR count). The van der Waals surface area contributed by atoms with E-state index in [2.05, 4.69) is 17.4 Å². The van der Waals surface area contributed by atoms with Crippen LogP contribution in [0.2, 0.25) is 0 Å². The van der Waals surface area contributed by atoms with Gasteiger partial charge in [0.15, 0.2) is 6.17 Å². The third-order valence-corrected chi connectivity index (χ3v) is 7.85. The summed E-state index contributed by atoms with van der Waals surface area (Å²) < 4.78 is 0. The van der Waals surface area contributed by atoms with Gasteiger partial charge in [0.2, 0.25) is 0 Å². The van der Waals surface area contributed by atoms with E-state index in [-0.39, 0.29) is 18.1 Å². The van der Waals surface area contributed by atoms with E-state index >= 15 is 0 Å². The van der Waals surface area contributed by atoms with Gasteiger partial charge in [-0.2, -0.15) is 5.06 Å². The van der Waals surface area contributed by atoms with Crippen LogP contribution in [-0.2, 0) is 6.42 Å². The van der Waals surface area contributed by atoms with Gasteiger partial charge in [-0.25, -0.2) is 9.59 Å². The lowest BCUT2D eigenvalue weighted by Gasteiger charge is -2.41. The van der Waals surface area contributed by atoms with Crippen molar-refractivity contribution in [3.8, 4) is 0 Å². The second-order valence-corrected chi connectivity index (χ2v) is 10.5. The zero-order valence-electron chi connectivity index (χ0n) is 20.2. The van der Waals surface area contributed by atoms with Crippen molar-refractivity contribution in [2.45, 2.75) is 108 Å². The van der Waals surface area contributed by atoms with E-state index < -0.39 is 17.7 Å². The minimum Gasteiger partial charge on any atom is -0.333 e. The molecule has 3 fully saturated rings. The van der Waals surface area contributed by atoms with Crippen LogP contribution >= 0.6 is 0 Å². The van der Waals surface area contributed by atoms with Crippen LogP contribution in [0.3, 0.4) is 0 Å². The van der Waals surface area contributed by atoms with Crippen LogP contribution in [0.25, 0.3) is 0 Å². The molecule has 1 aromatic rings. The molecule has 0 spiro atoms. The van der Waals surface area contributed by atoms with Crippen molar-refractivity contribution < 1.29 is 14.8 Å². The first-order chi connectivity index (χ1) is 15.9. The molecule has 2 saturated carbocycles. The largest absolute Gasteiger partial charge is 0.343 e. The molecule has 1 aliphatic heterocycles. The predicted octanol–water partition coefficient (Wildman–Crippen LogP) is 5.14. The molecule has 1 atom stereocenters. The molecule has 182 valence electrons. The van der Waals surface area contributed by atoms with Gasteiger partial charge in [0.1, 0.15) is 0 Å². The van der Waals surface area contributed by atoms with Crippen molar-refractivity contribution in [1.82, 2.24) is 20.2 Å². The minimum atomic E-state index is -0.720. The van der Waals surface area contributed by atoms with Gasteiger partial charge < -0.3 is 10.2 Å². The molecule has 33 heavy (non-hydrogen) atoms. The summed E-state index contributed by atoms with van der Waals surface area (Å²) in [6, 6.07) is 9.73. The standard InChI is InChI=1S/C26H40N4O3/c1-26(2)23(30(33)24(31)27-21-14-8-4-9-15-21)29(22-16-10-5-11-17-22)25(32)28(26)19-18-20-12-6-3-7-13-20/h3,6-7,12-13,21-23,33H,4-5,8-11,14-19H2,1-2H3,(H,27,31)/t23-/m0/s1. The quantitative estimate of drug-likeness (QED) is 0.460. The monoisotopic (exact) mass is 456 g/mol. The number of benzene rings is 1. The molecule has 0 bridgehead atoms. The number of hydrogen-bond donors (Lipinski definition) is 2. The average molecular weight is 457 g/mol. The number of rotatable bonds is 6. The van der Waals surface area contributed by atoms with E-state index in [1.807, 2.05) is 41.8 Å². The molecule has 7 nitrogen and oxygen atoms in total. The number of nitrogens with one attached hydrogen (secondary N) is 1. The summed E-state index contributed by atoms with van der Waals surface area (Å²) in [5.41, 5.74) is 0.451. The lowest BCUT2D eigenvalue weighted by atomic mass is 9.92. The molecule has 4 amide bonds. The van der Waals surface area contributed by atoms with Crippen LogP contribution in [0.4, 0.5) is 9.59 Å². The Morgan fingerprint density at radius 1 is 1.03 bits per heavy atom. The van der Waals surface area contributed by atoms with Crippen molar-refractivity contribution >= 4 is 12.1 Å². The molecule has 0 unspecified atom stereocenters. The number of hydrogen-bond acceptors (Lipinski definition) is 3. The molecule has 2 N–H and O–H groups in total. The number of amides is 4. The second-order valence-electron chi connectivity index (χ2n) is 10.5. The van der Waals surface area contributed by atoms with Crippen molar-refractivity contribution in [3.05, 3.63) is 35.9 Å². The smallest absolute Gasteiger partial charge is 0.333 e. The summed E-state index contributed by atoms with van der Waals surface area (Å²) >= 11 is 0. The molecular weight excluding hydrogens is 416 g/mol. The Hall–Kier alpha value is -2.28. The third-order valence-electron chi connectivity index (χ3n) is 7.85. The molecule has 1 heterocycles. The summed E-state index contributed by atoms with van der Waals surface area (Å²) in [5.74, 6) is 0. The normalized spacial score (nSPS) is 24.2. The van der Waals surface area contributed by atoms with Crippen LogP contribution in [0.5, 0.6) is 0 Å². The van der Waals surface area contributed by atoms with Gasteiger partial charge in [-0.3, -0.25) is 10.1 Å². The van der Waals surface area contributed by atoms with E-state index in [1.54, 1.807) is 0 Å². The lowest BCUT2D eigenvalue weighted by Crippen LogP contribution is -2.61. The first kappa shape index (κ1) is 23.9. The van der Waals surface area contributed by atoms with Crippen LogP contribution < -0.4 is 5.32 Å². The van der Waals surface area contributed by atoms with Gasteiger partial charge in [-0.1, -0.05) is 68.9 Å². The highest BCUT2D eigenvalue weighted by Crippen LogP contribution is 2.39. The van der Waals surface area contributed by atoms with E-state index in [9.17, 15) is 14.8 Å². The minimum absolute atomic E-state index is 0.0504. The van der Waals surface area contributed by atoms with Gasteiger partial charge in [-0.15, -0.1) is 0 Å². The number of urea groups is 2. The maximum Gasteiger partial charge on any atom is 0.343 e. The highest BCUT2D eigenvalue weighted by Gasteiger charge is 2.57. The van der Waals surface area contributed by atoms with E-state index in [0.717, 1.165) is 62.9 Å². The number of carbonyl (C=O) groups excluding carboxylic acids is 2. The summed E-state index contributed by atoms with van der Waals surface area (Å²) in [4.78, 5) is 30.5. The van der Waals surface area contributed by atoms with Crippen molar-refractivity contribution in [3.63, 3.8) is 0 Å². The summed E-state index contributed by atoms with van der Waals surface area (Å²) in [6.07, 6.45) is 10.5. The molecule has 7 heteroatoms. The van der Waals surface area contributed by atoms with Crippen molar-refractivity contribution in [2.75, 3.05) is 6.54 Å². The van der Waals surface area contributed by atoms with Gasteiger partial charge in [-0.05, 0) is 51.5 Å². The van der Waals surface area contributed by atoms with Crippen molar-refractivity contribution in [2.24, 2.45) is 0 Å². The van der Waals surface area contributed by atoms with E-state index in [0.29, 0.717) is 6.54 Å². The first-order valence-electron chi connectivity index (χ1n) is 12.8. The Kier molecular flexibility index (Phi) is 7.47. The fourth-order valence-electron chi connectivity index (χ4n) is 5.97. The molecule has 1 aromatic carbocycles. The van der Waals surface area contributed by atoms with Crippen LogP contribution in [0, 0.1) is 0 Å². The summed E-state index contributed by atoms with van der Waals surface area (Å²) in [6.45, 7) is 4.49. The topological polar surface area (TPSA) is 76.1 Å². The van der Waals surface area contributed by atoms with Gasteiger partial charge in [0.05, 0.1) is 5.54 Å². The highest BCUT2D eigenvalue weighted by atomic mass is 16.5. The molecule has 0 aromatic heterocycles. The predicted molar refractivity (Wildman–Crippen MR) is 128 cm³/mol. The average Bonchev–Trinajstić information content (AvgIpc) is 3.03. The summed E-state index contributed by atoms with van der Waals surface area (Å²) in [5, 5.41) is 15.1. The van der Waals surface area contributed by atoms with Gasteiger partial charge in [0, 0.05) is 18.6 Å². The lowest BCUT2D eigenvalue weighted by molar-refractivity contribution is -0.141. The third kappa shape index (κ3) is 5.13. The zero-order valence-corrected chi connectivity index (χ0v) is 20.2. The van der Waals surface area contributed by atoms with E-state index in [4.69, 9.17) is 0 Å². The SMILES string of the molecule is CC1(C)[C@H](N(O)C(=O)NC2CCCCC2)N(C2CCCCC2)C(=O)N1CCc1ccccc1. The fourth-order valence-corrected chi connectivity index (χ4v) is 5.97. The molecule has 2 aliphatic carbocycles. The Bertz CT molecular complexity index is 803. The number of carbonyl (C=O) groups is 2. The first-order valence-corrected chi connectivity index (χ1v) is 12.8. The Balaban J connectivity index is 1.55. The highest BCUT2D eigenvalue weighted by molar-refractivity contribution is 5.81. The Labute approximate surface area is 198 Å². The molecular formula is C26H40N4O3. The fraction of sp³-hybridized carbons (Fsp3) is 0.692. The van der Waals surface area contributed by atoms with Gasteiger partial charge >= 0.3 is 12.1 Å². The zero-order chi connectivity index (χ0) is 23.4. The maximum atomic E-state index is 13.8. The maximum absolute atomic E-state index is 13.8. The van der Waals surface area contributed by atoms with Crippen molar-refractivity contribution in [1.29, 1.82) is 0 Å². The summed E-state index contributed by atoms with van der Waals surface area (Å²) in [7, 11) is 0. The molecule has 0 radical (unpaired) electrons. The van der Waals surface area contributed by atoms with Crippen LogP contribution in [0.1, 0.15) is 83.6 Å².